The van der Waals surface area contributed by atoms with E-state index < -0.39 is 6.04 Å². The van der Waals surface area contributed by atoms with Crippen molar-refractivity contribution < 1.29 is 14.0 Å². The molecule has 1 aliphatic rings. The molecule has 0 radical (unpaired) electrons. The fourth-order valence-electron chi connectivity index (χ4n) is 3.67. The first kappa shape index (κ1) is 19.9. The highest BCUT2D eigenvalue weighted by Gasteiger charge is 2.36. The molecule has 0 unspecified atom stereocenters. The molecule has 28 heavy (non-hydrogen) atoms. The van der Waals surface area contributed by atoms with E-state index in [0.717, 1.165) is 35.5 Å². The molecule has 0 saturated heterocycles. The first-order chi connectivity index (χ1) is 13.2. The van der Waals surface area contributed by atoms with Crippen LogP contribution in [-0.2, 0) is 16.0 Å². The van der Waals surface area contributed by atoms with Gasteiger partial charge in [-0.2, -0.15) is 0 Å². The molecule has 0 spiro atoms. The summed E-state index contributed by atoms with van der Waals surface area (Å²) in [7, 11) is 0. The molecule has 0 bridgehead atoms. The van der Waals surface area contributed by atoms with E-state index in [2.05, 4.69) is 24.5 Å². The maximum atomic E-state index is 12.7. The lowest BCUT2D eigenvalue weighted by molar-refractivity contribution is -0.127. The van der Waals surface area contributed by atoms with Crippen LogP contribution >= 0.6 is 0 Å². The molecule has 148 valence electrons. The van der Waals surface area contributed by atoms with E-state index in [1.165, 1.54) is 6.08 Å². The Kier molecular flexibility index (Phi) is 5.73. The molecule has 2 amide bonds. The first-order valence-electron chi connectivity index (χ1n) is 9.67. The van der Waals surface area contributed by atoms with Gasteiger partial charge in [0.25, 0.3) is 0 Å². The van der Waals surface area contributed by atoms with Gasteiger partial charge in [0.05, 0.1) is 6.04 Å². The van der Waals surface area contributed by atoms with Crippen molar-refractivity contribution in [3.8, 4) is 0 Å². The number of benzene rings is 1. The van der Waals surface area contributed by atoms with Gasteiger partial charge >= 0.3 is 0 Å². The molecule has 2 atom stereocenters. The molecular formula is C23H28N2O3. The van der Waals surface area contributed by atoms with Crippen LogP contribution in [-0.4, -0.2) is 17.9 Å². The van der Waals surface area contributed by atoms with E-state index in [9.17, 15) is 9.59 Å². The second-order valence-corrected chi connectivity index (χ2v) is 8.32. The summed E-state index contributed by atoms with van der Waals surface area (Å²) in [5.74, 6) is 1.31. The lowest BCUT2D eigenvalue weighted by Gasteiger charge is -2.35. The van der Waals surface area contributed by atoms with Gasteiger partial charge in [0, 0.05) is 18.1 Å². The van der Waals surface area contributed by atoms with Crippen molar-refractivity contribution in [2.75, 3.05) is 0 Å². The van der Waals surface area contributed by atoms with Crippen LogP contribution in [0.1, 0.15) is 55.9 Å². The Morgan fingerprint density at radius 1 is 1.25 bits per heavy atom. The summed E-state index contributed by atoms with van der Waals surface area (Å²) in [5, 5.41) is 5.81. The fraction of sp³-hybridized carbons (Fsp3) is 0.391. The molecule has 3 rings (SSSR count). The molecule has 1 aliphatic carbocycles. The normalized spacial score (nSPS) is 19.1. The maximum Gasteiger partial charge on any atom is 0.244 e. The third-order valence-electron chi connectivity index (χ3n) is 5.03. The van der Waals surface area contributed by atoms with Crippen molar-refractivity contribution in [3.63, 3.8) is 0 Å². The van der Waals surface area contributed by atoms with E-state index in [4.69, 9.17) is 4.42 Å². The summed E-state index contributed by atoms with van der Waals surface area (Å²) in [4.78, 5) is 24.8. The average molecular weight is 380 g/mol. The van der Waals surface area contributed by atoms with E-state index in [1.54, 1.807) is 13.0 Å². The fourth-order valence-corrected chi connectivity index (χ4v) is 3.67. The third-order valence-corrected chi connectivity index (χ3v) is 5.03. The lowest BCUT2D eigenvalue weighted by atomic mass is 9.74. The van der Waals surface area contributed by atoms with Gasteiger partial charge in [-0.1, -0.05) is 44.2 Å². The first-order valence-corrected chi connectivity index (χ1v) is 9.67. The Labute approximate surface area is 166 Å². The van der Waals surface area contributed by atoms with Gasteiger partial charge in [0.2, 0.25) is 11.8 Å². The molecular weight excluding hydrogens is 352 g/mol. The smallest absolute Gasteiger partial charge is 0.244 e. The molecule has 5 heteroatoms. The highest BCUT2D eigenvalue weighted by Crippen LogP contribution is 2.42. The van der Waals surface area contributed by atoms with E-state index >= 15 is 0 Å². The van der Waals surface area contributed by atoms with Crippen molar-refractivity contribution in [2.24, 2.45) is 5.41 Å². The number of rotatable bonds is 5. The van der Waals surface area contributed by atoms with E-state index in [1.807, 2.05) is 43.3 Å². The molecule has 0 aliphatic heterocycles. The second kappa shape index (κ2) is 8.05. The summed E-state index contributed by atoms with van der Waals surface area (Å²) in [5.41, 5.74) is 2.02. The van der Waals surface area contributed by atoms with Crippen molar-refractivity contribution in [3.05, 3.63) is 65.1 Å². The molecule has 2 N–H and O–H groups in total. The van der Waals surface area contributed by atoms with Crippen LogP contribution < -0.4 is 10.6 Å². The molecule has 0 saturated carbocycles. The number of fused-ring (bicyclic) bond motifs is 1. The second-order valence-electron chi connectivity index (χ2n) is 8.32. The van der Waals surface area contributed by atoms with Gasteiger partial charge in [-0.3, -0.25) is 9.59 Å². The van der Waals surface area contributed by atoms with Crippen LogP contribution in [0.4, 0.5) is 0 Å². The number of carbonyl (C=O) groups is 2. The van der Waals surface area contributed by atoms with E-state index in [-0.39, 0.29) is 23.3 Å². The molecule has 1 heterocycles. The quantitative estimate of drug-likeness (QED) is 0.772. The highest BCUT2D eigenvalue weighted by molar-refractivity contribution is 5.95. The van der Waals surface area contributed by atoms with Crippen LogP contribution in [0.25, 0.3) is 6.08 Å². The zero-order valence-corrected chi connectivity index (χ0v) is 16.9. The number of carbonyl (C=O) groups excluding carboxylic acids is 2. The summed E-state index contributed by atoms with van der Waals surface area (Å²) < 4.78 is 5.82. The van der Waals surface area contributed by atoms with Crippen molar-refractivity contribution in [2.45, 2.75) is 52.6 Å². The number of amides is 2. The maximum absolute atomic E-state index is 12.7. The molecule has 0 fully saturated rings. The van der Waals surface area contributed by atoms with Crippen LogP contribution in [0.3, 0.4) is 0 Å². The zero-order valence-electron chi connectivity index (χ0n) is 16.9. The van der Waals surface area contributed by atoms with E-state index in [0.29, 0.717) is 0 Å². The van der Waals surface area contributed by atoms with Crippen LogP contribution in [0.5, 0.6) is 0 Å². The van der Waals surface area contributed by atoms with Gasteiger partial charge in [-0.25, -0.2) is 0 Å². The standard InChI is InChI=1S/C23H28N2O3/c1-15-12-18-19(13-23(3,4)14-20(18)28-15)25-22(27)16(2)24-21(26)11-10-17-8-6-5-7-9-17/h5-12,16,19H,13-14H2,1-4H3,(H,24,26)(H,25,27)/b11-10+/t16-,19-/m0/s1. The monoisotopic (exact) mass is 380 g/mol. The van der Waals surface area contributed by atoms with Crippen LogP contribution in [0, 0.1) is 12.3 Å². The van der Waals surface area contributed by atoms with Gasteiger partial charge in [0.15, 0.2) is 0 Å². The minimum Gasteiger partial charge on any atom is -0.466 e. The number of nitrogens with one attached hydrogen (secondary N) is 2. The third kappa shape index (κ3) is 4.91. The average Bonchev–Trinajstić information content (AvgIpc) is 2.99. The summed E-state index contributed by atoms with van der Waals surface area (Å²) in [6.07, 6.45) is 4.86. The Hall–Kier alpha value is -2.82. The summed E-state index contributed by atoms with van der Waals surface area (Å²) in [6, 6.07) is 10.8. The number of hydrogen-bond acceptors (Lipinski definition) is 3. The Morgan fingerprint density at radius 3 is 2.68 bits per heavy atom. The molecule has 1 aromatic carbocycles. The SMILES string of the molecule is Cc1cc2c(o1)CC(C)(C)C[C@@H]2NC(=O)[C@H](C)NC(=O)/C=C/c1ccccc1. The summed E-state index contributed by atoms with van der Waals surface area (Å²) >= 11 is 0. The van der Waals surface area contributed by atoms with Gasteiger partial charge in [-0.05, 0) is 43.4 Å². The molecule has 2 aromatic rings. The summed E-state index contributed by atoms with van der Waals surface area (Å²) in [6.45, 7) is 7.96. The minimum atomic E-state index is -0.630. The largest absolute Gasteiger partial charge is 0.466 e. The Balaban J connectivity index is 1.61. The van der Waals surface area contributed by atoms with Gasteiger partial charge in [-0.15, -0.1) is 0 Å². The number of aryl methyl sites for hydroxylation is 1. The molecule has 5 nitrogen and oxygen atoms in total. The topological polar surface area (TPSA) is 71.3 Å². The number of furan rings is 1. The Bertz CT molecular complexity index is 881. The predicted molar refractivity (Wildman–Crippen MR) is 110 cm³/mol. The highest BCUT2D eigenvalue weighted by atomic mass is 16.3. The Morgan fingerprint density at radius 2 is 1.96 bits per heavy atom. The molecule has 1 aromatic heterocycles. The van der Waals surface area contributed by atoms with Crippen LogP contribution in [0.2, 0.25) is 0 Å². The van der Waals surface area contributed by atoms with Gasteiger partial charge < -0.3 is 15.1 Å². The van der Waals surface area contributed by atoms with Crippen molar-refractivity contribution >= 4 is 17.9 Å². The van der Waals surface area contributed by atoms with Crippen LogP contribution in [0.15, 0.2) is 46.9 Å². The number of hydrogen-bond donors (Lipinski definition) is 2. The predicted octanol–water partition coefficient (Wildman–Crippen LogP) is 3.94. The van der Waals surface area contributed by atoms with Crippen molar-refractivity contribution in [1.29, 1.82) is 0 Å². The van der Waals surface area contributed by atoms with Gasteiger partial charge in [0.1, 0.15) is 17.6 Å². The minimum absolute atomic E-state index is 0.0418. The lowest BCUT2D eigenvalue weighted by Crippen LogP contribution is -2.46. The zero-order chi connectivity index (χ0) is 20.3. The van der Waals surface area contributed by atoms with Crippen molar-refractivity contribution in [1.82, 2.24) is 10.6 Å².